The molecule has 7 heteroatoms. The van der Waals surface area contributed by atoms with Gasteiger partial charge in [-0.25, -0.2) is 0 Å². The Labute approximate surface area is 206 Å². The molecule has 6 nitrogen and oxygen atoms in total. The molecular weight excluding hydrogens is 454 g/mol. The number of hydrogen-bond donors (Lipinski definition) is 2. The zero-order valence-corrected chi connectivity index (χ0v) is 20.7. The summed E-state index contributed by atoms with van der Waals surface area (Å²) in [6.07, 6.45) is -0.286. The van der Waals surface area contributed by atoms with Gasteiger partial charge in [-0.2, -0.15) is 0 Å². The summed E-state index contributed by atoms with van der Waals surface area (Å²) >= 11 is 6.52. The minimum Gasteiger partial charge on any atom is -0.493 e. The normalized spacial score (nSPS) is 13.6. The molecule has 0 spiro atoms. The largest absolute Gasteiger partial charge is 0.493 e. The fraction of sp³-hybridized carbons (Fsp3) is 0.333. The van der Waals surface area contributed by atoms with E-state index in [1.54, 1.807) is 26.4 Å². The number of benzene rings is 3. The number of aliphatic hydroxyl groups excluding tert-OH is 1. The molecule has 0 aliphatic rings. The Balaban J connectivity index is 1.73. The second-order valence-electron chi connectivity index (χ2n) is 8.20. The highest BCUT2D eigenvalue weighted by molar-refractivity contribution is 6.32. The van der Waals surface area contributed by atoms with E-state index in [0.29, 0.717) is 46.6 Å². The summed E-state index contributed by atoms with van der Waals surface area (Å²) in [5.74, 6) is 2.16. The van der Waals surface area contributed by atoms with Gasteiger partial charge in [0.1, 0.15) is 6.61 Å². The molecule has 34 heavy (non-hydrogen) atoms. The van der Waals surface area contributed by atoms with Crippen LogP contribution in [0, 0.1) is 5.92 Å². The number of halogens is 1. The summed E-state index contributed by atoms with van der Waals surface area (Å²) in [5, 5.41) is 11.4. The van der Waals surface area contributed by atoms with E-state index in [1.807, 2.05) is 55.5 Å². The maximum atomic E-state index is 11.0. The number of aliphatic hydroxyl groups is 1. The van der Waals surface area contributed by atoms with Crippen LogP contribution < -0.4 is 24.7 Å². The fourth-order valence-corrected chi connectivity index (χ4v) is 4.10. The Bertz CT molecular complexity index is 1080. The van der Waals surface area contributed by atoms with E-state index in [4.69, 9.17) is 36.3 Å². The molecule has 3 aromatic rings. The first-order valence-electron chi connectivity index (χ1n) is 11.1. The second kappa shape index (κ2) is 12.0. The topological polar surface area (TPSA) is 83.2 Å². The van der Waals surface area contributed by atoms with Gasteiger partial charge in [0.2, 0.25) is 0 Å². The molecule has 3 aromatic carbocycles. The van der Waals surface area contributed by atoms with Crippen molar-refractivity contribution in [3.63, 3.8) is 0 Å². The smallest absolute Gasteiger partial charge is 0.180 e. The maximum absolute atomic E-state index is 11.0. The Morgan fingerprint density at radius 3 is 2.18 bits per heavy atom. The molecular formula is C27H32ClNO5. The molecule has 3 atom stereocenters. The van der Waals surface area contributed by atoms with E-state index in [-0.39, 0.29) is 5.92 Å². The van der Waals surface area contributed by atoms with E-state index < -0.39 is 12.1 Å². The molecule has 3 unspecified atom stereocenters. The first-order chi connectivity index (χ1) is 16.4. The van der Waals surface area contributed by atoms with Gasteiger partial charge in [-0.3, -0.25) is 0 Å². The van der Waals surface area contributed by atoms with Crippen molar-refractivity contribution in [1.29, 1.82) is 0 Å². The standard InChI is InChI=1S/C27H32ClNO5/c1-17(12-19-10-11-22(31-2)23(13-19)32-3)25(29)26(30)20-14-21(28)27(24(15-20)33-4)34-16-18-8-6-5-7-9-18/h5-11,13-15,17,25-26,30H,12,16,29H2,1-4H3. The van der Waals surface area contributed by atoms with Crippen molar-refractivity contribution in [1.82, 2.24) is 0 Å². The van der Waals surface area contributed by atoms with Crippen LogP contribution in [0.2, 0.25) is 5.02 Å². The maximum Gasteiger partial charge on any atom is 0.180 e. The molecule has 0 bridgehead atoms. The molecule has 0 saturated heterocycles. The van der Waals surface area contributed by atoms with Crippen molar-refractivity contribution in [2.45, 2.75) is 32.1 Å². The first kappa shape index (κ1) is 25.7. The van der Waals surface area contributed by atoms with Gasteiger partial charge in [-0.1, -0.05) is 54.9 Å². The molecule has 0 fully saturated rings. The van der Waals surface area contributed by atoms with E-state index in [9.17, 15) is 5.11 Å². The van der Waals surface area contributed by atoms with Crippen LogP contribution in [0.4, 0.5) is 0 Å². The van der Waals surface area contributed by atoms with Crippen molar-refractivity contribution in [2.75, 3.05) is 21.3 Å². The average molecular weight is 486 g/mol. The number of hydrogen-bond acceptors (Lipinski definition) is 6. The molecule has 3 N–H and O–H groups in total. The van der Waals surface area contributed by atoms with Crippen LogP contribution in [0.3, 0.4) is 0 Å². The zero-order valence-electron chi connectivity index (χ0n) is 20.0. The minimum atomic E-state index is -0.940. The van der Waals surface area contributed by atoms with Crippen molar-refractivity contribution in [2.24, 2.45) is 11.7 Å². The van der Waals surface area contributed by atoms with Gasteiger partial charge in [0.15, 0.2) is 23.0 Å². The Morgan fingerprint density at radius 2 is 1.53 bits per heavy atom. The van der Waals surface area contributed by atoms with Gasteiger partial charge in [0.05, 0.1) is 32.5 Å². The lowest BCUT2D eigenvalue weighted by Crippen LogP contribution is -2.36. The number of ether oxygens (including phenoxy) is 4. The third-order valence-corrected chi connectivity index (χ3v) is 6.13. The highest BCUT2D eigenvalue weighted by atomic mass is 35.5. The van der Waals surface area contributed by atoms with Gasteiger partial charge in [0.25, 0.3) is 0 Å². The summed E-state index contributed by atoms with van der Waals surface area (Å²) in [7, 11) is 4.74. The lowest BCUT2D eigenvalue weighted by Gasteiger charge is -2.26. The lowest BCUT2D eigenvalue weighted by atomic mass is 9.88. The molecule has 0 saturated carbocycles. The predicted molar refractivity (Wildman–Crippen MR) is 134 cm³/mol. The first-order valence-corrected chi connectivity index (χ1v) is 11.4. The van der Waals surface area contributed by atoms with Crippen molar-refractivity contribution < 1.29 is 24.1 Å². The van der Waals surface area contributed by atoms with Crippen molar-refractivity contribution in [3.05, 3.63) is 82.4 Å². The van der Waals surface area contributed by atoms with Crippen molar-refractivity contribution in [3.8, 4) is 23.0 Å². The van der Waals surface area contributed by atoms with Crippen LogP contribution in [0.5, 0.6) is 23.0 Å². The van der Waals surface area contributed by atoms with Crippen LogP contribution in [-0.2, 0) is 13.0 Å². The van der Waals surface area contributed by atoms with Gasteiger partial charge in [0, 0.05) is 6.04 Å². The van der Waals surface area contributed by atoms with Crippen LogP contribution in [0.1, 0.15) is 29.7 Å². The highest BCUT2D eigenvalue weighted by Gasteiger charge is 2.26. The summed E-state index contributed by atoms with van der Waals surface area (Å²) in [6.45, 7) is 2.35. The van der Waals surface area contributed by atoms with E-state index >= 15 is 0 Å². The van der Waals surface area contributed by atoms with E-state index in [2.05, 4.69) is 0 Å². The average Bonchev–Trinajstić information content (AvgIpc) is 2.87. The lowest BCUT2D eigenvalue weighted by molar-refractivity contribution is 0.121. The molecule has 0 aromatic heterocycles. The van der Waals surface area contributed by atoms with E-state index in [1.165, 1.54) is 7.11 Å². The van der Waals surface area contributed by atoms with Crippen LogP contribution in [0.25, 0.3) is 0 Å². The SMILES string of the molecule is COc1ccc(CC(C)C(N)C(O)c2cc(Cl)c(OCc3ccccc3)c(OC)c2)cc1OC. The molecule has 3 rings (SSSR count). The summed E-state index contributed by atoms with van der Waals surface area (Å²) < 4.78 is 22.1. The van der Waals surface area contributed by atoms with Gasteiger partial charge in [-0.05, 0) is 53.3 Å². The molecule has 0 aliphatic carbocycles. The number of rotatable bonds is 11. The summed E-state index contributed by atoms with van der Waals surface area (Å²) in [6, 6.07) is 18.4. The molecule has 0 aliphatic heterocycles. The Morgan fingerprint density at radius 1 is 0.853 bits per heavy atom. The monoisotopic (exact) mass is 485 g/mol. The van der Waals surface area contributed by atoms with Gasteiger partial charge < -0.3 is 29.8 Å². The third-order valence-electron chi connectivity index (χ3n) is 5.85. The summed E-state index contributed by atoms with van der Waals surface area (Å²) in [5.41, 5.74) is 9.08. The Kier molecular flexibility index (Phi) is 9.05. The van der Waals surface area contributed by atoms with Crippen molar-refractivity contribution >= 4 is 11.6 Å². The minimum absolute atomic E-state index is 0.0353. The highest BCUT2D eigenvalue weighted by Crippen LogP contribution is 2.39. The molecule has 0 radical (unpaired) electrons. The fourth-order valence-electron chi connectivity index (χ4n) is 3.83. The van der Waals surface area contributed by atoms with Gasteiger partial charge >= 0.3 is 0 Å². The third kappa shape index (κ3) is 6.14. The molecule has 182 valence electrons. The number of methoxy groups -OCH3 is 3. The predicted octanol–water partition coefficient (Wildman–Crippen LogP) is 5.18. The van der Waals surface area contributed by atoms with Crippen LogP contribution >= 0.6 is 11.6 Å². The van der Waals surface area contributed by atoms with Crippen LogP contribution in [-0.4, -0.2) is 32.5 Å². The zero-order chi connectivity index (χ0) is 24.7. The molecule has 0 heterocycles. The second-order valence-corrected chi connectivity index (χ2v) is 8.61. The quantitative estimate of drug-likeness (QED) is 0.389. The van der Waals surface area contributed by atoms with E-state index in [0.717, 1.165) is 11.1 Å². The summed E-state index contributed by atoms with van der Waals surface area (Å²) in [4.78, 5) is 0. The molecule has 0 amide bonds. The van der Waals surface area contributed by atoms with Crippen LogP contribution in [0.15, 0.2) is 60.7 Å². The number of nitrogens with two attached hydrogens (primary N) is 1. The Hall–Kier alpha value is -2.93. The van der Waals surface area contributed by atoms with Gasteiger partial charge in [-0.15, -0.1) is 0 Å².